The average molecular weight is 431 g/mol. The van der Waals surface area contributed by atoms with E-state index in [1.54, 1.807) is 0 Å². The maximum atomic E-state index is 4.73. The van der Waals surface area contributed by atoms with E-state index in [0.29, 0.717) is 0 Å². The van der Waals surface area contributed by atoms with Crippen molar-refractivity contribution in [2.24, 2.45) is 0 Å². The van der Waals surface area contributed by atoms with Crippen molar-refractivity contribution in [2.45, 2.75) is 12.8 Å². The second kappa shape index (κ2) is 7.24. The summed E-state index contributed by atoms with van der Waals surface area (Å²) in [5, 5.41) is 0.995. The van der Waals surface area contributed by atoms with E-state index in [-0.39, 0.29) is 0 Å². The molecule has 3 aromatic rings. The Morgan fingerprint density at radius 1 is 0.679 bits per heavy atom. The third kappa shape index (κ3) is 3.58. The van der Waals surface area contributed by atoms with Crippen molar-refractivity contribution in [3.8, 4) is 0 Å². The number of aryl methyl sites for hydroxylation is 1. The van der Waals surface area contributed by atoms with Crippen LogP contribution in [0.1, 0.15) is 34.8 Å². The largest absolute Gasteiger partial charge is 0.355 e. The number of hydrogen-bond donors (Lipinski definition) is 2. The van der Waals surface area contributed by atoms with Crippen molar-refractivity contribution in [1.82, 2.24) is 19.9 Å². The first-order valence-corrected chi connectivity index (χ1v) is 10.5. The molecule has 0 saturated carbocycles. The summed E-state index contributed by atoms with van der Waals surface area (Å²) < 4.78 is 0. The van der Waals surface area contributed by atoms with Crippen molar-refractivity contribution < 1.29 is 0 Å². The van der Waals surface area contributed by atoms with Gasteiger partial charge in [0.1, 0.15) is 0 Å². The number of rotatable bonds is 3. The molecule has 0 saturated heterocycles. The van der Waals surface area contributed by atoms with Crippen LogP contribution < -0.4 is 0 Å². The lowest BCUT2D eigenvalue weighted by molar-refractivity contribution is 0.949. The van der Waals surface area contributed by atoms with Crippen LogP contribution in [0.3, 0.4) is 0 Å². The number of H-pyrrole nitrogens is 2. The summed E-state index contributed by atoms with van der Waals surface area (Å²) in [5.74, 6) is 0. The number of alkyl halides is 1. The topological polar surface area (TPSA) is 57.4 Å². The quantitative estimate of drug-likeness (QED) is 0.345. The van der Waals surface area contributed by atoms with E-state index in [1.807, 2.05) is 24.3 Å². The van der Waals surface area contributed by atoms with E-state index in [0.717, 1.165) is 63.0 Å². The zero-order valence-electron chi connectivity index (χ0n) is 15.2. The molecule has 2 N–H and O–H groups in total. The molecule has 2 aliphatic rings. The van der Waals surface area contributed by atoms with E-state index in [2.05, 4.69) is 73.4 Å². The molecule has 138 valence electrons. The van der Waals surface area contributed by atoms with Crippen LogP contribution in [-0.4, -0.2) is 25.3 Å². The Balaban J connectivity index is 1.79. The molecule has 0 spiro atoms. The minimum absolute atomic E-state index is 0.918. The van der Waals surface area contributed by atoms with E-state index in [4.69, 9.17) is 4.98 Å². The fourth-order valence-corrected chi connectivity index (χ4v) is 3.82. The Bertz CT molecular complexity index is 1260. The lowest BCUT2D eigenvalue weighted by Crippen LogP contribution is -1.84. The number of fused-ring (bicyclic) bond motifs is 8. The molecule has 0 atom stereocenters. The second-order valence-corrected chi connectivity index (χ2v) is 7.79. The summed E-state index contributed by atoms with van der Waals surface area (Å²) in [6, 6.07) is 14.7. The Hall–Kier alpha value is -2.92. The minimum Gasteiger partial charge on any atom is -0.355 e. The van der Waals surface area contributed by atoms with E-state index < -0.39 is 0 Å². The Kier molecular flexibility index (Phi) is 4.45. The fourth-order valence-electron chi connectivity index (χ4n) is 3.54. The van der Waals surface area contributed by atoms with Gasteiger partial charge in [-0.15, -0.1) is 0 Å². The number of nitrogens with zero attached hydrogens (tertiary/aromatic N) is 2. The zero-order chi connectivity index (χ0) is 18.9. The number of aromatic nitrogens is 4. The highest BCUT2D eigenvalue weighted by molar-refractivity contribution is 9.09. The lowest BCUT2D eigenvalue weighted by Gasteiger charge is -1.94. The minimum atomic E-state index is 0.918. The first-order chi connectivity index (χ1) is 13.7. The molecule has 8 bridgehead atoms. The van der Waals surface area contributed by atoms with E-state index in [9.17, 15) is 0 Å². The normalized spacial score (nSPS) is 12.6. The molecule has 3 aromatic heterocycles. The van der Waals surface area contributed by atoms with Gasteiger partial charge in [-0.3, -0.25) is 0 Å². The molecule has 5 heteroatoms. The average Bonchev–Trinajstić information content (AvgIpc) is 3.45. The van der Waals surface area contributed by atoms with Crippen LogP contribution in [0.2, 0.25) is 0 Å². The third-order valence-corrected chi connectivity index (χ3v) is 5.39. The summed E-state index contributed by atoms with van der Waals surface area (Å²) in [7, 11) is 0. The van der Waals surface area contributed by atoms with Crippen molar-refractivity contribution >= 4 is 62.3 Å². The standard InChI is InChI=1S/C23H19BrN4/c24-9-1-2-15-10-22-13-20-6-5-18(26-20)11-16-3-4-17(25-16)12-19-7-8-21(27-19)14-23(15)28-22/h3-8,10-14,26,28H,1-2,9H2. The van der Waals surface area contributed by atoms with E-state index >= 15 is 0 Å². The summed E-state index contributed by atoms with van der Waals surface area (Å²) in [6.07, 6.45) is 10.2. The molecule has 28 heavy (non-hydrogen) atoms. The van der Waals surface area contributed by atoms with Crippen molar-refractivity contribution in [3.63, 3.8) is 0 Å². The molecule has 5 rings (SSSR count). The summed E-state index contributed by atoms with van der Waals surface area (Å²) in [5.41, 5.74) is 9.34. The molecular formula is C23H19BrN4. The number of halogens is 1. The van der Waals surface area contributed by atoms with Crippen LogP contribution >= 0.6 is 15.9 Å². The molecule has 2 aliphatic heterocycles. The van der Waals surface area contributed by atoms with Crippen LogP contribution in [0.4, 0.5) is 0 Å². The van der Waals surface area contributed by atoms with Crippen LogP contribution in [0.15, 0.2) is 42.5 Å². The van der Waals surface area contributed by atoms with Gasteiger partial charge >= 0.3 is 0 Å². The predicted molar refractivity (Wildman–Crippen MR) is 121 cm³/mol. The predicted octanol–water partition coefficient (Wildman–Crippen LogP) is 5.98. The molecule has 0 amide bonds. The SMILES string of the molecule is BrCCCc1cc2cc3ccc(cc4nc(cc5nc(cc1[nH]2)C=C5)C=C4)[nH]3. The molecule has 0 aromatic carbocycles. The molecule has 4 nitrogen and oxygen atoms in total. The van der Waals surface area contributed by atoms with Crippen LogP contribution in [0.5, 0.6) is 0 Å². The fraction of sp³-hybridized carbons (Fsp3) is 0.130. The highest BCUT2D eigenvalue weighted by atomic mass is 79.9. The maximum absolute atomic E-state index is 4.73. The van der Waals surface area contributed by atoms with Gasteiger partial charge in [0.2, 0.25) is 0 Å². The highest BCUT2D eigenvalue weighted by Gasteiger charge is 2.05. The van der Waals surface area contributed by atoms with Gasteiger partial charge < -0.3 is 9.97 Å². The van der Waals surface area contributed by atoms with Gasteiger partial charge in [-0.05, 0) is 85.2 Å². The zero-order valence-corrected chi connectivity index (χ0v) is 16.8. The van der Waals surface area contributed by atoms with Gasteiger partial charge in [-0.2, -0.15) is 0 Å². The molecular weight excluding hydrogens is 412 g/mol. The highest BCUT2D eigenvalue weighted by Crippen LogP contribution is 2.20. The van der Waals surface area contributed by atoms with Crippen LogP contribution in [-0.2, 0) is 6.42 Å². The smallest absolute Gasteiger partial charge is 0.0659 e. The number of aromatic amines is 2. The number of nitrogens with one attached hydrogen (secondary N) is 2. The molecule has 0 unspecified atom stereocenters. The Morgan fingerprint density at radius 2 is 1.32 bits per heavy atom. The first kappa shape index (κ1) is 17.2. The molecule has 0 aliphatic carbocycles. The monoisotopic (exact) mass is 430 g/mol. The first-order valence-electron chi connectivity index (χ1n) is 9.38. The van der Waals surface area contributed by atoms with Gasteiger partial charge in [0.05, 0.1) is 22.8 Å². The van der Waals surface area contributed by atoms with Gasteiger partial charge in [0, 0.05) is 27.4 Å². The Labute approximate surface area is 171 Å². The van der Waals surface area contributed by atoms with Crippen LogP contribution in [0, 0.1) is 0 Å². The van der Waals surface area contributed by atoms with Gasteiger partial charge in [-0.1, -0.05) is 15.9 Å². The molecule has 0 radical (unpaired) electrons. The van der Waals surface area contributed by atoms with Gasteiger partial charge in [-0.25, -0.2) is 9.97 Å². The maximum Gasteiger partial charge on any atom is 0.0659 e. The summed E-state index contributed by atoms with van der Waals surface area (Å²) >= 11 is 3.54. The van der Waals surface area contributed by atoms with Gasteiger partial charge in [0.15, 0.2) is 0 Å². The van der Waals surface area contributed by atoms with Crippen LogP contribution in [0.25, 0.3) is 46.4 Å². The summed E-state index contributed by atoms with van der Waals surface area (Å²) in [6.45, 7) is 0. The van der Waals surface area contributed by atoms with E-state index in [1.165, 1.54) is 5.56 Å². The van der Waals surface area contributed by atoms with Crippen molar-refractivity contribution in [2.75, 3.05) is 5.33 Å². The van der Waals surface area contributed by atoms with Crippen molar-refractivity contribution in [3.05, 3.63) is 70.8 Å². The number of hydrogen-bond acceptors (Lipinski definition) is 2. The Morgan fingerprint density at radius 3 is 2.04 bits per heavy atom. The lowest BCUT2D eigenvalue weighted by atomic mass is 10.1. The summed E-state index contributed by atoms with van der Waals surface area (Å²) in [4.78, 5) is 16.4. The van der Waals surface area contributed by atoms with Crippen molar-refractivity contribution in [1.29, 1.82) is 0 Å². The third-order valence-electron chi connectivity index (χ3n) is 4.83. The molecule has 5 heterocycles. The second-order valence-electron chi connectivity index (χ2n) is 6.99. The van der Waals surface area contributed by atoms with Gasteiger partial charge in [0.25, 0.3) is 0 Å². The molecule has 0 fully saturated rings.